The number of phenols is 1. The van der Waals surface area contributed by atoms with Crippen molar-refractivity contribution in [2.45, 2.75) is 19.8 Å². The average Bonchev–Trinajstić information content (AvgIpc) is 2.86. The Morgan fingerprint density at radius 3 is 2.89 bits per heavy atom. The first kappa shape index (κ1) is 12.2. The predicted octanol–water partition coefficient (Wildman–Crippen LogP) is 2.86. The highest BCUT2D eigenvalue weighted by molar-refractivity contribution is 5.91. The molecule has 1 amide bonds. The molecule has 0 unspecified atom stereocenters. The molecule has 0 saturated heterocycles. The fraction of sp³-hybridized carbons (Fsp3) is 0.214. The van der Waals surface area contributed by atoms with E-state index in [1.54, 1.807) is 37.5 Å². The van der Waals surface area contributed by atoms with Gasteiger partial charge in [-0.2, -0.15) is 0 Å². The number of furan rings is 1. The van der Waals surface area contributed by atoms with E-state index in [0.29, 0.717) is 24.1 Å². The Balaban J connectivity index is 1.93. The Bertz CT molecular complexity index is 532. The molecule has 0 spiro atoms. The minimum Gasteiger partial charge on any atom is -0.508 e. The van der Waals surface area contributed by atoms with E-state index in [1.165, 1.54) is 0 Å². The number of aromatic hydroxyl groups is 1. The Kier molecular flexibility index (Phi) is 3.67. The summed E-state index contributed by atoms with van der Waals surface area (Å²) in [6.45, 7) is 1.76. The first-order valence-electron chi connectivity index (χ1n) is 5.77. The number of carbonyl (C=O) groups excluding carboxylic acids is 1. The Hall–Kier alpha value is -2.23. The van der Waals surface area contributed by atoms with E-state index >= 15 is 0 Å². The normalized spacial score (nSPS) is 10.3. The summed E-state index contributed by atoms with van der Waals surface area (Å²) < 4.78 is 5.16. The average molecular weight is 245 g/mol. The Morgan fingerprint density at radius 2 is 2.17 bits per heavy atom. The molecule has 0 aliphatic rings. The zero-order valence-corrected chi connectivity index (χ0v) is 10.1. The van der Waals surface area contributed by atoms with E-state index < -0.39 is 0 Å². The van der Waals surface area contributed by atoms with Gasteiger partial charge >= 0.3 is 0 Å². The van der Waals surface area contributed by atoms with E-state index in [-0.39, 0.29) is 11.7 Å². The van der Waals surface area contributed by atoms with Crippen LogP contribution in [-0.4, -0.2) is 11.0 Å². The van der Waals surface area contributed by atoms with Crippen LogP contribution in [0.3, 0.4) is 0 Å². The van der Waals surface area contributed by atoms with Crippen LogP contribution < -0.4 is 5.32 Å². The van der Waals surface area contributed by atoms with E-state index in [4.69, 9.17) is 4.42 Å². The van der Waals surface area contributed by atoms with Crippen LogP contribution in [0.4, 0.5) is 5.69 Å². The molecule has 0 bridgehead atoms. The molecule has 0 aliphatic heterocycles. The molecule has 0 atom stereocenters. The van der Waals surface area contributed by atoms with Gasteiger partial charge < -0.3 is 14.8 Å². The van der Waals surface area contributed by atoms with Gasteiger partial charge in [-0.15, -0.1) is 0 Å². The second-order valence-electron chi connectivity index (χ2n) is 4.08. The summed E-state index contributed by atoms with van der Waals surface area (Å²) in [6.07, 6.45) is 2.51. The fourth-order valence-corrected chi connectivity index (χ4v) is 1.66. The molecular weight excluding hydrogens is 230 g/mol. The molecule has 94 valence electrons. The third-order valence-electron chi connectivity index (χ3n) is 2.76. The van der Waals surface area contributed by atoms with Crippen LogP contribution in [0.1, 0.15) is 17.7 Å². The molecule has 1 aromatic heterocycles. The van der Waals surface area contributed by atoms with Crippen LogP contribution in [0.5, 0.6) is 5.75 Å². The van der Waals surface area contributed by atoms with Crippen molar-refractivity contribution < 1.29 is 14.3 Å². The van der Waals surface area contributed by atoms with Gasteiger partial charge in [-0.3, -0.25) is 4.79 Å². The van der Waals surface area contributed by atoms with Gasteiger partial charge in [0.15, 0.2) is 0 Å². The largest absolute Gasteiger partial charge is 0.508 e. The van der Waals surface area contributed by atoms with Gasteiger partial charge in [-0.05, 0) is 31.2 Å². The van der Waals surface area contributed by atoms with E-state index in [0.717, 1.165) is 5.76 Å². The van der Waals surface area contributed by atoms with Crippen molar-refractivity contribution >= 4 is 11.6 Å². The maximum Gasteiger partial charge on any atom is 0.224 e. The van der Waals surface area contributed by atoms with Crippen LogP contribution in [-0.2, 0) is 11.2 Å². The number of anilines is 1. The maximum atomic E-state index is 11.7. The number of rotatable bonds is 4. The highest BCUT2D eigenvalue weighted by atomic mass is 16.3. The molecule has 0 fully saturated rings. The third kappa shape index (κ3) is 2.91. The third-order valence-corrected chi connectivity index (χ3v) is 2.76. The molecule has 1 heterocycles. The number of hydrogen-bond acceptors (Lipinski definition) is 3. The number of hydrogen-bond donors (Lipinski definition) is 2. The quantitative estimate of drug-likeness (QED) is 0.870. The van der Waals surface area contributed by atoms with Crippen molar-refractivity contribution in [3.05, 3.63) is 47.9 Å². The van der Waals surface area contributed by atoms with E-state index in [2.05, 4.69) is 5.32 Å². The van der Waals surface area contributed by atoms with Crippen LogP contribution in [0, 0.1) is 6.92 Å². The Labute approximate surface area is 105 Å². The molecule has 4 heteroatoms. The standard InChI is InChI=1S/C14H15NO3/c1-10-12(5-2-6-13(10)16)15-14(17)8-7-11-4-3-9-18-11/h2-6,9,16H,7-8H2,1H3,(H,15,17). The maximum absolute atomic E-state index is 11.7. The summed E-state index contributed by atoms with van der Waals surface area (Å²) in [6, 6.07) is 8.69. The summed E-state index contributed by atoms with van der Waals surface area (Å²) in [5, 5.41) is 12.3. The molecule has 2 N–H and O–H groups in total. The summed E-state index contributed by atoms with van der Waals surface area (Å²) >= 11 is 0. The first-order chi connectivity index (χ1) is 8.66. The number of carbonyl (C=O) groups is 1. The van der Waals surface area contributed by atoms with Crippen molar-refractivity contribution in [1.82, 2.24) is 0 Å². The highest BCUT2D eigenvalue weighted by Crippen LogP contribution is 2.23. The second kappa shape index (κ2) is 5.40. The zero-order chi connectivity index (χ0) is 13.0. The molecule has 2 aromatic rings. The highest BCUT2D eigenvalue weighted by Gasteiger charge is 2.08. The van der Waals surface area contributed by atoms with Gasteiger partial charge in [-0.1, -0.05) is 6.07 Å². The first-order valence-corrected chi connectivity index (χ1v) is 5.77. The van der Waals surface area contributed by atoms with Crippen LogP contribution >= 0.6 is 0 Å². The van der Waals surface area contributed by atoms with Gasteiger partial charge in [0.1, 0.15) is 11.5 Å². The summed E-state index contributed by atoms with van der Waals surface area (Å²) in [7, 11) is 0. The van der Waals surface area contributed by atoms with Crippen LogP contribution in [0.25, 0.3) is 0 Å². The molecule has 2 rings (SSSR count). The molecule has 1 aromatic carbocycles. The lowest BCUT2D eigenvalue weighted by Crippen LogP contribution is -2.13. The summed E-state index contributed by atoms with van der Waals surface area (Å²) in [5.41, 5.74) is 1.31. The number of phenolic OH excluding ortho intramolecular Hbond substituents is 1. The molecular formula is C14H15NO3. The number of benzene rings is 1. The van der Waals surface area contributed by atoms with Crippen molar-refractivity contribution in [3.8, 4) is 5.75 Å². The zero-order valence-electron chi connectivity index (χ0n) is 10.1. The van der Waals surface area contributed by atoms with E-state index in [9.17, 15) is 9.90 Å². The molecule has 18 heavy (non-hydrogen) atoms. The monoisotopic (exact) mass is 245 g/mol. The summed E-state index contributed by atoms with van der Waals surface area (Å²) in [4.78, 5) is 11.7. The fourth-order valence-electron chi connectivity index (χ4n) is 1.66. The van der Waals surface area contributed by atoms with Gasteiger partial charge in [0, 0.05) is 24.1 Å². The van der Waals surface area contributed by atoms with Gasteiger partial charge in [-0.25, -0.2) is 0 Å². The molecule has 4 nitrogen and oxygen atoms in total. The van der Waals surface area contributed by atoms with Crippen molar-refractivity contribution in [1.29, 1.82) is 0 Å². The lowest BCUT2D eigenvalue weighted by Gasteiger charge is -2.08. The lowest BCUT2D eigenvalue weighted by atomic mass is 10.1. The minimum absolute atomic E-state index is 0.0971. The number of aryl methyl sites for hydroxylation is 1. The van der Waals surface area contributed by atoms with Gasteiger partial charge in [0.05, 0.1) is 6.26 Å². The van der Waals surface area contributed by atoms with Crippen molar-refractivity contribution in [2.24, 2.45) is 0 Å². The van der Waals surface area contributed by atoms with Crippen LogP contribution in [0.2, 0.25) is 0 Å². The number of nitrogens with one attached hydrogen (secondary N) is 1. The smallest absolute Gasteiger partial charge is 0.224 e. The predicted molar refractivity (Wildman–Crippen MR) is 68.5 cm³/mol. The summed E-state index contributed by atoms with van der Waals surface area (Å²) in [5.74, 6) is 0.872. The van der Waals surface area contributed by atoms with Crippen molar-refractivity contribution in [2.75, 3.05) is 5.32 Å². The molecule has 0 radical (unpaired) electrons. The minimum atomic E-state index is -0.0971. The van der Waals surface area contributed by atoms with Crippen LogP contribution in [0.15, 0.2) is 41.0 Å². The van der Waals surface area contributed by atoms with Gasteiger partial charge in [0.25, 0.3) is 0 Å². The molecule has 0 saturated carbocycles. The second-order valence-corrected chi connectivity index (χ2v) is 4.08. The molecule has 0 aliphatic carbocycles. The topological polar surface area (TPSA) is 62.5 Å². The van der Waals surface area contributed by atoms with Gasteiger partial charge in [0.2, 0.25) is 5.91 Å². The SMILES string of the molecule is Cc1c(O)cccc1NC(=O)CCc1ccco1. The Morgan fingerprint density at radius 1 is 1.33 bits per heavy atom. The van der Waals surface area contributed by atoms with Crippen molar-refractivity contribution in [3.63, 3.8) is 0 Å². The van der Waals surface area contributed by atoms with E-state index in [1.807, 2.05) is 6.07 Å². The lowest BCUT2D eigenvalue weighted by molar-refractivity contribution is -0.116. The number of amides is 1.